The molecule has 0 amide bonds. The van der Waals surface area contributed by atoms with Crippen molar-refractivity contribution in [2.75, 3.05) is 5.88 Å². The van der Waals surface area contributed by atoms with Crippen molar-refractivity contribution in [2.45, 2.75) is 13.8 Å². The van der Waals surface area contributed by atoms with Crippen molar-refractivity contribution in [2.24, 2.45) is 0 Å². The van der Waals surface area contributed by atoms with Crippen LogP contribution in [-0.4, -0.2) is 26.2 Å². The molecule has 5 heteroatoms. The van der Waals surface area contributed by atoms with Crippen molar-refractivity contribution < 1.29 is 4.79 Å². The lowest BCUT2D eigenvalue weighted by atomic mass is 10.2. The van der Waals surface area contributed by atoms with Crippen LogP contribution in [0, 0.1) is 13.8 Å². The fourth-order valence-corrected chi connectivity index (χ4v) is 2.63. The molecule has 0 saturated carbocycles. The fraction of sp³-hybridized carbons (Fsp3) is 0.200. The summed E-state index contributed by atoms with van der Waals surface area (Å²) in [7, 11) is 0. The van der Waals surface area contributed by atoms with Gasteiger partial charge in [0, 0.05) is 17.0 Å². The number of carbonyl (C=O) groups is 1. The normalized spacial score (nSPS) is 11.2. The van der Waals surface area contributed by atoms with Crippen LogP contribution in [0.4, 0.5) is 0 Å². The maximum absolute atomic E-state index is 11.8. The number of aromatic nitrogens is 3. The molecule has 4 nitrogen and oxygen atoms in total. The molecular formula is C15H14ClN3O. The number of ketones is 1. The second kappa shape index (κ2) is 4.80. The zero-order valence-electron chi connectivity index (χ0n) is 11.3. The standard InChI is InChI=1S/C15H14ClN3O/c1-9-7-11(14(20)8-16)10(2)19(9)15-17-12-5-3-4-6-13(12)18-15/h3-7H,8H2,1-2H3,(H,17,18). The van der Waals surface area contributed by atoms with Crippen LogP contribution in [0.5, 0.6) is 0 Å². The van der Waals surface area contributed by atoms with E-state index in [0.29, 0.717) is 5.56 Å². The number of hydrogen-bond acceptors (Lipinski definition) is 2. The Labute approximate surface area is 121 Å². The van der Waals surface area contributed by atoms with E-state index in [1.165, 1.54) is 0 Å². The van der Waals surface area contributed by atoms with Gasteiger partial charge in [-0.05, 0) is 32.0 Å². The van der Waals surface area contributed by atoms with Crippen LogP contribution < -0.4 is 0 Å². The smallest absolute Gasteiger partial charge is 0.212 e. The van der Waals surface area contributed by atoms with Crippen molar-refractivity contribution in [3.8, 4) is 5.95 Å². The average molecular weight is 288 g/mol. The van der Waals surface area contributed by atoms with Gasteiger partial charge in [0.15, 0.2) is 5.78 Å². The van der Waals surface area contributed by atoms with E-state index in [-0.39, 0.29) is 11.7 Å². The lowest BCUT2D eigenvalue weighted by Gasteiger charge is -2.05. The van der Waals surface area contributed by atoms with Crippen molar-refractivity contribution in [1.29, 1.82) is 0 Å². The number of nitrogens with zero attached hydrogens (tertiary/aromatic N) is 2. The molecule has 0 fully saturated rings. The van der Waals surface area contributed by atoms with E-state index < -0.39 is 0 Å². The molecular weight excluding hydrogens is 274 g/mol. The lowest BCUT2D eigenvalue weighted by molar-refractivity contribution is 0.102. The van der Waals surface area contributed by atoms with Crippen LogP contribution in [0.15, 0.2) is 30.3 Å². The highest BCUT2D eigenvalue weighted by Gasteiger charge is 2.17. The van der Waals surface area contributed by atoms with Gasteiger partial charge in [-0.15, -0.1) is 11.6 Å². The Morgan fingerprint density at radius 1 is 1.35 bits per heavy atom. The topological polar surface area (TPSA) is 50.7 Å². The van der Waals surface area contributed by atoms with Crippen LogP contribution in [0.1, 0.15) is 21.7 Å². The number of halogens is 1. The Morgan fingerprint density at radius 3 is 2.80 bits per heavy atom. The van der Waals surface area contributed by atoms with E-state index in [2.05, 4.69) is 9.97 Å². The minimum absolute atomic E-state index is 0.00950. The minimum atomic E-state index is -0.0675. The van der Waals surface area contributed by atoms with E-state index >= 15 is 0 Å². The number of H-pyrrole nitrogens is 1. The summed E-state index contributed by atoms with van der Waals surface area (Å²) >= 11 is 5.65. The van der Waals surface area contributed by atoms with Gasteiger partial charge in [-0.3, -0.25) is 9.36 Å². The molecule has 0 aliphatic carbocycles. The van der Waals surface area contributed by atoms with Crippen molar-refractivity contribution >= 4 is 28.4 Å². The van der Waals surface area contributed by atoms with Gasteiger partial charge in [0.25, 0.3) is 0 Å². The maximum atomic E-state index is 11.8. The molecule has 1 aromatic carbocycles. The first kappa shape index (κ1) is 12.9. The van der Waals surface area contributed by atoms with Crippen molar-refractivity contribution in [3.63, 3.8) is 0 Å². The number of aryl methyl sites for hydroxylation is 1. The molecule has 2 heterocycles. The van der Waals surface area contributed by atoms with Gasteiger partial charge in [-0.25, -0.2) is 4.98 Å². The number of para-hydroxylation sites is 2. The number of carbonyl (C=O) groups excluding carboxylic acids is 1. The SMILES string of the molecule is Cc1cc(C(=O)CCl)c(C)n1-c1nc2ccccc2[nH]1. The summed E-state index contributed by atoms with van der Waals surface area (Å²) in [4.78, 5) is 19.7. The van der Waals surface area contributed by atoms with Crippen molar-refractivity contribution in [1.82, 2.24) is 14.5 Å². The zero-order chi connectivity index (χ0) is 14.3. The highest BCUT2D eigenvalue weighted by molar-refractivity contribution is 6.30. The summed E-state index contributed by atoms with van der Waals surface area (Å²) in [6, 6.07) is 9.69. The van der Waals surface area contributed by atoms with E-state index in [0.717, 1.165) is 28.4 Å². The monoisotopic (exact) mass is 287 g/mol. The molecule has 2 aromatic heterocycles. The number of hydrogen-bond donors (Lipinski definition) is 1. The third kappa shape index (κ3) is 1.93. The molecule has 0 saturated heterocycles. The Kier molecular flexibility index (Phi) is 3.10. The van der Waals surface area contributed by atoms with Crippen LogP contribution >= 0.6 is 11.6 Å². The van der Waals surface area contributed by atoms with Gasteiger partial charge in [-0.1, -0.05) is 12.1 Å². The van der Waals surface area contributed by atoms with Gasteiger partial charge in [0.05, 0.1) is 16.9 Å². The first-order valence-electron chi connectivity index (χ1n) is 6.35. The van der Waals surface area contributed by atoms with E-state index in [1.807, 2.05) is 48.7 Å². The Hall–Kier alpha value is -2.07. The number of benzene rings is 1. The minimum Gasteiger partial charge on any atom is -0.323 e. The number of fused-ring (bicyclic) bond motifs is 1. The summed E-state index contributed by atoms with van der Waals surface area (Å²) < 4.78 is 1.94. The molecule has 3 aromatic rings. The molecule has 0 aliphatic heterocycles. The third-order valence-electron chi connectivity index (χ3n) is 3.44. The molecule has 3 rings (SSSR count). The first-order chi connectivity index (χ1) is 9.61. The number of imidazole rings is 1. The average Bonchev–Trinajstić information content (AvgIpc) is 2.98. The molecule has 0 unspecified atom stereocenters. The molecule has 0 spiro atoms. The number of alkyl halides is 1. The lowest BCUT2D eigenvalue weighted by Crippen LogP contribution is -2.05. The maximum Gasteiger partial charge on any atom is 0.212 e. The highest BCUT2D eigenvalue weighted by Crippen LogP contribution is 2.21. The first-order valence-corrected chi connectivity index (χ1v) is 6.88. The second-order valence-electron chi connectivity index (χ2n) is 4.75. The third-order valence-corrected chi connectivity index (χ3v) is 3.68. The molecule has 102 valence electrons. The van der Waals surface area contributed by atoms with Crippen LogP contribution in [0.2, 0.25) is 0 Å². The summed E-state index contributed by atoms with van der Waals surface area (Å²) in [5.74, 6) is 0.640. The molecule has 0 radical (unpaired) electrons. The number of aromatic amines is 1. The van der Waals surface area contributed by atoms with Crippen molar-refractivity contribution in [3.05, 3.63) is 47.3 Å². The predicted octanol–water partition coefficient (Wildman–Crippen LogP) is 3.39. The van der Waals surface area contributed by atoms with Crippen LogP contribution in [-0.2, 0) is 0 Å². The van der Waals surface area contributed by atoms with Gasteiger partial charge in [0.1, 0.15) is 0 Å². The summed E-state index contributed by atoms with van der Waals surface area (Å²) in [6.07, 6.45) is 0. The Balaban J connectivity index is 2.19. The molecule has 0 atom stereocenters. The highest BCUT2D eigenvalue weighted by atomic mass is 35.5. The van der Waals surface area contributed by atoms with Gasteiger partial charge >= 0.3 is 0 Å². The van der Waals surface area contributed by atoms with Crippen LogP contribution in [0.3, 0.4) is 0 Å². The zero-order valence-corrected chi connectivity index (χ0v) is 12.0. The van der Waals surface area contributed by atoms with E-state index in [1.54, 1.807) is 0 Å². The number of rotatable bonds is 3. The molecule has 0 aliphatic rings. The fourth-order valence-electron chi connectivity index (χ4n) is 2.49. The summed E-state index contributed by atoms with van der Waals surface area (Å²) in [5, 5.41) is 0. The quantitative estimate of drug-likeness (QED) is 0.593. The van der Waals surface area contributed by atoms with E-state index in [9.17, 15) is 4.79 Å². The van der Waals surface area contributed by atoms with Gasteiger partial charge in [-0.2, -0.15) is 0 Å². The Morgan fingerprint density at radius 2 is 2.10 bits per heavy atom. The summed E-state index contributed by atoms with van der Waals surface area (Å²) in [6.45, 7) is 3.85. The second-order valence-corrected chi connectivity index (χ2v) is 5.02. The van der Waals surface area contributed by atoms with Gasteiger partial charge < -0.3 is 4.98 Å². The molecule has 0 bridgehead atoms. The summed E-state index contributed by atoms with van der Waals surface area (Å²) in [5.41, 5.74) is 4.33. The number of nitrogens with one attached hydrogen (secondary N) is 1. The molecule has 1 N–H and O–H groups in total. The predicted molar refractivity (Wildman–Crippen MR) is 79.9 cm³/mol. The Bertz CT molecular complexity index is 768. The largest absolute Gasteiger partial charge is 0.323 e. The van der Waals surface area contributed by atoms with Crippen LogP contribution in [0.25, 0.3) is 17.0 Å². The molecule has 20 heavy (non-hydrogen) atoms. The van der Waals surface area contributed by atoms with E-state index in [4.69, 9.17) is 11.6 Å². The van der Waals surface area contributed by atoms with Gasteiger partial charge in [0.2, 0.25) is 5.95 Å². The number of Topliss-reactive ketones (excluding diaryl/α,β-unsaturated/α-hetero) is 1.